The fraction of sp³-hybridized carbons (Fsp3) is 0.200. The van der Waals surface area contributed by atoms with Gasteiger partial charge in [0, 0.05) is 23.4 Å². The van der Waals surface area contributed by atoms with Gasteiger partial charge in [0.15, 0.2) is 11.5 Å². The topological polar surface area (TPSA) is 67.9 Å². The lowest BCUT2D eigenvalue weighted by Crippen LogP contribution is -2.32. The Hall–Kier alpha value is -3.28. The molecule has 1 aliphatic heterocycles. The van der Waals surface area contributed by atoms with Gasteiger partial charge in [-0.1, -0.05) is 24.8 Å². The summed E-state index contributed by atoms with van der Waals surface area (Å²) in [7, 11) is 1.59. The number of ether oxygens (including phenoxy) is 2. The lowest BCUT2D eigenvalue weighted by molar-refractivity contribution is -0.111. The summed E-state index contributed by atoms with van der Waals surface area (Å²) in [5, 5.41) is 2.66. The third kappa shape index (κ3) is 3.69. The lowest BCUT2D eigenvalue weighted by Gasteiger charge is -2.20. The molecule has 26 heavy (non-hydrogen) atoms. The van der Waals surface area contributed by atoms with Gasteiger partial charge in [-0.05, 0) is 30.3 Å². The van der Waals surface area contributed by atoms with Crippen molar-refractivity contribution in [3.05, 3.63) is 66.2 Å². The van der Waals surface area contributed by atoms with Crippen LogP contribution in [0.25, 0.3) is 0 Å². The van der Waals surface area contributed by atoms with Gasteiger partial charge in [-0.15, -0.1) is 0 Å². The van der Waals surface area contributed by atoms with Gasteiger partial charge in [0.2, 0.25) is 5.91 Å². The molecule has 0 saturated carbocycles. The minimum atomic E-state index is -0.321. The first-order valence-electron chi connectivity index (χ1n) is 8.24. The van der Waals surface area contributed by atoms with E-state index in [-0.39, 0.29) is 11.8 Å². The summed E-state index contributed by atoms with van der Waals surface area (Å²) < 4.78 is 11.1. The van der Waals surface area contributed by atoms with Crippen LogP contribution in [0, 0.1) is 0 Å². The van der Waals surface area contributed by atoms with Crippen molar-refractivity contribution in [2.75, 3.05) is 25.6 Å². The second-order valence-corrected chi connectivity index (χ2v) is 5.80. The molecular formula is C20H20N2O4. The number of amides is 2. The number of carbonyl (C=O) groups excluding carboxylic acids is 2. The van der Waals surface area contributed by atoms with E-state index in [0.717, 1.165) is 5.56 Å². The molecule has 6 heteroatoms. The van der Waals surface area contributed by atoms with E-state index in [0.29, 0.717) is 42.4 Å². The molecule has 0 radical (unpaired) electrons. The number of benzene rings is 2. The molecule has 0 bridgehead atoms. The first-order valence-corrected chi connectivity index (χ1v) is 8.24. The molecule has 2 aromatic carbocycles. The van der Waals surface area contributed by atoms with Crippen molar-refractivity contribution >= 4 is 17.5 Å². The van der Waals surface area contributed by atoms with E-state index in [9.17, 15) is 9.59 Å². The number of nitrogens with zero attached hydrogens (tertiary/aromatic N) is 1. The van der Waals surface area contributed by atoms with Crippen LogP contribution < -0.4 is 14.8 Å². The molecule has 0 aromatic heterocycles. The summed E-state index contributed by atoms with van der Waals surface area (Å²) in [6, 6.07) is 12.5. The Morgan fingerprint density at radius 3 is 2.85 bits per heavy atom. The van der Waals surface area contributed by atoms with Crippen molar-refractivity contribution in [1.82, 2.24) is 4.90 Å². The predicted molar refractivity (Wildman–Crippen MR) is 98.5 cm³/mol. The molecule has 1 aliphatic rings. The van der Waals surface area contributed by atoms with Gasteiger partial charge in [-0.25, -0.2) is 0 Å². The SMILES string of the molecule is C=CC(=O)Nc1cccc(C(=O)N2CCOc3c(cccc3OC)C2)c1. The van der Waals surface area contributed by atoms with E-state index < -0.39 is 0 Å². The van der Waals surface area contributed by atoms with Gasteiger partial charge in [0.05, 0.1) is 13.7 Å². The van der Waals surface area contributed by atoms with Crippen molar-refractivity contribution in [2.45, 2.75) is 6.54 Å². The normalized spacial score (nSPS) is 13.0. The molecule has 0 unspecified atom stereocenters. The minimum Gasteiger partial charge on any atom is -0.493 e. The highest BCUT2D eigenvalue weighted by atomic mass is 16.5. The van der Waals surface area contributed by atoms with E-state index in [2.05, 4.69) is 11.9 Å². The number of carbonyl (C=O) groups is 2. The Balaban J connectivity index is 1.82. The number of rotatable bonds is 4. The summed E-state index contributed by atoms with van der Waals surface area (Å²) in [5.41, 5.74) is 1.94. The Kier molecular flexibility index (Phi) is 5.22. The third-order valence-electron chi connectivity index (χ3n) is 4.10. The fourth-order valence-electron chi connectivity index (χ4n) is 2.83. The number of fused-ring (bicyclic) bond motifs is 1. The zero-order chi connectivity index (χ0) is 18.5. The zero-order valence-electron chi connectivity index (χ0n) is 14.5. The van der Waals surface area contributed by atoms with Crippen LogP contribution in [-0.4, -0.2) is 37.0 Å². The van der Waals surface area contributed by atoms with Crippen molar-refractivity contribution in [1.29, 1.82) is 0 Å². The van der Waals surface area contributed by atoms with Crippen molar-refractivity contribution < 1.29 is 19.1 Å². The Labute approximate surface area is 152 Å². The largest absolute Gasteiger partial charge is 0.493 e. The van der Waals surface area contributed by atoms with Crippen LogP contribution in [0.3, 0.4) is 0 Å². The third-order valence-corrected chi connectivity index (χ3v) is 4.10. The number of methoxy groups -OCH3 is 1. The Morgan fingerprint density at radius 2 is 2.08 bits per heavy atom. The number of anilines is 1. The predicted octanol–water partition coefficient (Wildman–Crippen LogP) is 2.85. The minimum absolute atomic E-state index is 0.126. The Bertz CT molecular complexity index is 847. The lowest BCUT2D eigenvalue weighted by atomic mass is 10.1. The average Bonchev–Trinajstić information content (AvgIpc) is 2.89. The molecule has 1 heterocycles. The van der Waals surface area contributed by atoms with Crippen LogP contribution in [-0.2, 0) is 11.3 Å². The average molecular weight is 352 g/mol. The highest BCUT2D eigenvalue weighted by Gasteiger charge is 2.23. The van der Waals surface area contributed by atoms with Crippen LogP contribution in [0.4, 0.5) is 5.69 Å². The monoisotopic (exact) mass is 352 g/mol. The first kappa shape index (κ1) is 17.5. The number of para-hydroxylation sites is 1. The quantitative estimate of drug-likeness (QED) is 0.859. The highest BCUT2D eigenvalue weighted by molar-refractivity contribution is 6.00. The zero-order valence-corrected chi connectivity index (χ0v) is 14.5. The van der Waals surface area contributed by atoms with Crippen LogP contribution in [0.15, 0.2) is 55.1 Å². The van der Waals surface area contributed by atoms with Gasteiger partial charge < -0.3 is 19.7 Å². The first-order chi connectivity index (χ1) is 12.6. The van der Waals surface area contributed by atoms with Gasteiger partial charge in [-0.2, -0.15) is 0 Å². The molecule has 0 saturated heterocycles. The highest BCUT2D eigenvalue weighted by Crippen LogP contribution is 2.33. The van der Waals surface area contributed by atoms with Crippen LogP contribution >= 0.6 is 0 Å². The molecule has 2 aromatic rings. The van der Waals surface area contributed by atoms with Crippen molar-refractivity contribution in [3.63, 3.8) is 0 Å². The van der Waals surface area contributed by atoms with Gasteiger partial charge >= 0.3 is 0 Å². The number of nitrogens with one attached hydrogen (secondary N) is 1. The molecule has 134 valence electrons. The van der Waals surface area contributed by atoms with E-state index in [1.165, 1.54) is 6.08 Å². The standard InChI is InChI=1S/C20H20N2O4/c1-3-18(23)21-16-8-4-6-14(12-16)20(24)22-10-11-26-19-15(13-22)7-5-9-17(19)25-2/h3-9,12H,1,10-11,13H2,2H3,(H,21,23). The second kappa shape index (κ2) is 7.74. The van der Waals surface area contributed by atoms with Gasteiger partial charge in [-0.3, -0.25) is 9.59 Å². The van der Waals surface area contributed by atoms with Crippen molar-refractivity contribution in [2.24, 2.45) is 0 Å². The van der Waals surface area contributed by atoms with E-state index in [1.54, 1.807) is 36.3 Å². The summed E-state index contributed by atoms with van der Waals surface area (Å²) in [5.74, 6) is 0.890. The molecule has 3 rings (SSSR count). The van der Waals surface area contributed by atoms with Crippen LogP contribution in [0.1, 0.15) is 15.9 Å². The second-order valence-electron chi connectivity index (χ2n) is 5.80. The molecule has 0 aliphatic carbocycles. The molecular weight excluding hydrogens is 332 g/mol. The van der Waals surface area contributed by atoms with Gasteiger partial charge in [0.1, 0.15) is 6.61 Å². The summed E-state index contributed by atoms with van der Waals surface area (Å²) in [4.78, 5) is 26.1. The summed E-state index contributed by atoms with van der Waals surface area (Å²) in [6.07, 6.45) is 1.19. The molecule has 1 N–H and O–H groups in total. The van der Waals surface area contributed by atoms with Gasteiger partial charge in [0.25, 0.3) is 5.91 Å². The number of hydrogen-bond acceptors (Lipinski definition) is 4. The molecule has 6 nitrogen and oxygen atoms in total. The van der Waals surface area contributed by atoms with Crippen molar-refractivity contribution in [3.8, 4) is 11.5 Å². The number of hydrogen-bond donors (Lipinski definition) is 1. The maximum absolute atomic E-state index is 12.9. The smallest absolute Gasteiger partial charge is 0.254 e. The Morgan fingerprint density at radius 1 is 1.27 bits per heavy atom. The molecule has 2 amide bonds. The van der Waals surface area contributed by atoms with Crippen LogP contribution in [0.5, 0.6) is 11.5 Å². The molecule has 0 spiro atoms. The molecule has 0 fully saturated rings. The van der Waals surface area contributed by atoms with E-state index >= 15 is 0 Å². The summed E-state index contributed by atoms with van der Waals surface area (Å²) in [6.45, 7) is 4.69. The summed E-state index contributed by atoms with van der Waals surface area (Å²) >= 11 is 0. The maximum atomic E-state index is 12.9. The van der Waals surface area contributed by atoms with E-state index in [1.807, 2.05) is 18.2 Å². The molecule has 0 atom stereocenters. The maximum Gasteiger partial charge on any atom is 0.254 e. The fourth-order valence-corrected chi connectivity index (χ4v) is 2.83. The van der Waals surface area contributed by atoms with E-state index in [4.69, 9.17) is 9.47 Å². The van der Waals surface area contributed by atoms with Crippen LogP contribution in [0.2, 0.25) is 0 Å².